The number of hydrogen-bond donors (Lipinski definition) is 2. The highest BCUT2D eigenvalue weighted by Crippen LogP contribution is 2.33. The number of sulfonamides is 1. The van der Waals surface area contributed by atoms with Gasteiger partial charge in [-0.05, 0) is 53.9 Å². The predicted octanol–water partition coefficient (Wildman–Crippen LogP) is 1.33. The van der Waals surface area contributed by atoms with Crippen LogP contribution in [0.3, 0.4) is 0 Å². The Labute approximate surface area is 212 Å². The molecule has 4 aromatic rings. The predicted molar refractivity (Wildman–Crippen MR) is 138 cm³/mol. The van der Waals surface area contributed by atoms with Gasteiger partial charge in [-0.1, -0.05) is 24.3 Å². The second-order valence-corrected chi connectivity index (χ2v) is 11.8. The van der Waals surface area contributed by atoms with Crippen LogP contribution in [-0.4, -0.2) is 27.6 Å². The summed E-state index contributed by atoms with van der Waals surface area (Å²) in [5.74, 6) is -0.186. The molecular weight excluding hydrogens is 519 g/mol. The molecule has 2 aliphatic heterocycles. The minimum Gasteiger partial charge on any atom is -0.339 e. The Morgan fingerprint density at radius 3 is 2.57 bits per heavy atom. The van der Waals surface area contributed by atoms with E-state index in [2.05, 4.69) is 10.0 Å². The lowest BCUT2D eigenvalue weighted by molar-refractivity contribution is 0.586. The Kier molecular flexibility index (Phi) is 5.39. The quantitative estimate of drug-likeness (QED) is 0.406. The van der Waals surface area contributed by atoms with Crippen molar-refractivity contribution in [1.82, 2.24) is 13.9 Å². The fraction of sp³-hybridized carbons (Fsp3) is 0.120. The zero-order chi connectivity index (χ0) is 25.9. The van der Waals surface area contributed by atoms with E-state index in [1.54, 1.807) is 18.3 Å². The lowest BCUT2D eigenvalue weighted by Gasteiger charge is -2.23. The number of hydrogen-bond acceptors (Lipinski definition) is 6. The monoisotopic (exact) mass is 538 g/mol. The molecule has 0 aliphatic carbocycles. The highest BCUT2D eigenvalue weighted by atomic mass is 32.2. The zero-order valence-electron chi connectivity index (χ0n) is 19.1. The smallest absolute Gasteiger partial charge is 0.280 e. The van der Waals surface area contributed by atoms with Crippen molar-refractivity contribution in [3.05, 3.63) is 110 Å². The van der Waals surface area contributed by atoms with E-state index in [-0.39, 0.29) is 33.7 Å². The molecule has 0 saturated carbocycles. The SMILES string of the molecule is O=c1c(=C2Nc3ccc(C4=CCCS4=O)cc3S(=O)(=O)N2)c(=O)n(Cc2ccc(F)cc2)n2cccc12. The van der Waals surface area contributed by atoms with Crippen LogP contribution in [0, 0.1) is 5.82 Å². The molecule has 2 N–H and O–H groups in total. The van der Waals surface area contributed by atoms with Crippen molar-refractivity contribution in [3.8, 4) is 0 Å². The van der Waals surface area contributed by atoms with Crippen molar-refractivity contribution < 1.29 is 17.0 Å². The zero-order valence-corrected chi connectivity index (χ0v) is 20.7. The van der Waals surface area contributed by atoms with E-state index in [9.17, 15) is 26.6 Å². The Morgan fingerprint density at radius 1 is 1.05 bits per heavy atom. The molecule has 0 amide bonds. The lowest BCUT2D eigenvalue weighted by atomic mass is 10.1. The average molecular weight is 539 g/mol. The van der Waals surface area contributed by atoms with Gasteiger partial charge >= 0.3 is 0 Å². The average Bonchev–Trinajstić information content (AvgIpc) is 3.52. The maximum atomic E-state index is 13.6. The van der Waals surface area contributed by atoms with Gasteiger partial charge in [-0.3, -0.25) is 23.0 Å². The van der Waals surface area contributed by atoms with Crippen LogP contribution in [0.15, 0.2) is 81.4 Å². The van der Waals surface area contributed by atoms with Gasteiger partial charge in [-0.15, -0.1) is 0 Å². The van der Waals surface area contributed by atoms with Crippen LogP contribution in [0.5, 0.6) is 0 Å². The number of nitrogens with zero attached hydrogens (tertiary/aromatic N) is 2. The summed E-state index contributed by atoms with van der Waals surface area (Å²) in [4.78, 5) is 27.4. The van der Waals surface area contributed by atoms with Gasteiger partial charge in [0.05, 0.1) is 23.0 Å². The highest BCUT2D eigenvalue weighted by Gasteiger charge is 2.29. The minimum atomic E-state index is -4.17. The van der Waals surface area contributed by atoms with Crippen molar-refractivity contribution in [2.24, 2.45) is 0 Å². The van der Waals surface area contributed by atoms with Crippen LogP contribution in [0.1, 0.15) is 17.5 Å². The van der Waals surface area contributed by atoms with Gasteiger partial charge in [0.1, 0.15) is 27.3 Å². The summed E-state index contributed by atoms with van der Waals surface area (Å²) in [5, 5.41) is 2.52. The van der Waals surface area contributed by atoms with E-state index in [1.165, 1.54) is 51.7 Å². The molecule has 0 fully saturated rings. The van der Waals surface area contributed by atoms with E-state index in [0.717, 1.165) is 0 Å². The summed E-state index contributed by atoms with van der Waals surface area (Å²) in [7, 11) is -5.37. The second kappa shape index (κ2) is 8.53. The number of halogens is 1. The third-order valence-electron chi connectivity index (χ3n) is 6.32. The summed E-state index contributed by atoms with van der Waals surface area (Å²) in [6.07, 6.45) is 4.03. The fourth-order valence-electron chi connectivity index (χ4n) is 4.56. The van der Waals surface area contributed by atoms with Crippen LogP contribution in [-0.2, 0) is 27.4 Å². The molecule has 0 bridgehead atoms. The third-order valence-corrected chi connectivity index (χ3v) is 9.21. The first kappa shape index (κ1) is 23.4. The van der Waals surface area contributed by atoms with Crippen LogP contribution in [0.4, 0.5) is 10.1 Å². The molecule has 6 rings (SSSR count). The Hall–Kier alpha value is -4.03. The maximum Gasteiger partial charge on any atom is 0.280 e. The van der Waals surface area contributed by atoms with Crippen LogP contribution in [0.25, 0.3) is 16.2 Å². The Bertz CT molecular complexity index is 1940. The molecule has 12 heteroatoms. The first-order valence-corrected chi connectivity index (χ1v) is 14.1. The molecule has 37 heavy (non-hydrogen) atoms. The van der Waals surface area contributed by atoms with Crippen molar-refractivity contribution in [3.63, 3.8) is 0 Å². The summed E-state index contributed by atoms with van der Waals surface area (Å²) >= 11 is 0. The Morgan fingerprint density at radius 2 is 1.84 bits per heavy atom. The summed E-state index contributed by atoms with van der Waals surface area (Å²) in [5.41, 5.74) is 0.118. The van der Waals surface area contributed by atoms with Gasteiger partial charge in [0.25, 0.3) is 15.6 Å². The van der Waals surface area contributed by atoms with Gasteiger partial charge < -0.3 is 5.32 Å². The van der Waals surface area contributed by atoms with Gasteiger partial charge in [0.2, 0.25) is 5.43 Å². The highest BCUT2D eigenvalue weighted by molar-refractivity contribution is 7.94. The number of benzene rings is 2. The summed E-state index contributed by atoms with van der Waals surface area (Å²) in [6, 6.07) is 13.3. The van der Waals surface area contributed by atoms with Crippen LogP contribution >= 0.6 is 0 Å². The van der Waals surface area contributed by atoms with E-state index in [0.29, 0.717) is 28.2 Å². The number of nitrogens with one attached hydrogen (secondary N) is 2. The van der Waals surface area contributed by atoms with E-state index in [4.69, 9.17) is 0 Å². The molecule has 0 saturated heterocycles. The van der Waals surface area contributed by atoms with Crippen molar-refractivity contribution >= 4 is 42.8 Å². The largest absolute Gasteiger partial charge is 0.339 e. The molecule has 2 aliphatic rings. The van der Waals surface area contributed by atoms with Gasteiger partial charge in [0, 0.05) is 16.9 Å². The van der Waals surface area contributed by atoms with Crippen LogP contribution in [0.2, 0.25) is 0 Å². The molecule has 0 radical (unpaired) electrons. The van der Waals surface area contributed by atoms with Crippen molar-refractivity contribution in [1.29, 1.82) is 0 Å². The molecule has 1 unspecified atom stereocenters. The van der Waals surface area contributed by atoms with Crippen LogP contribution < -0.4 is 26.2 Å². The number of aromatic nitrogens is 2. The molecule has 0 spiro atoms. The molecule has 4 heterocycles. The third kappa shape index (κ3) is 3.89. The van der Waals surface area contributed by atoms with E-state index >= 15 is 0 Å². The molecular formula is C25H19FN4O5S2. The first-order valence-electron chi connectivity index (χ1n) is 11.3. The molecule has 2 aromatic carbocycles. The number of rotatable bonds is 3. The fourth-order valence-corrected chi connectivity index (χ4v) is 7.03. The normalized spacial score (nSPS) is 19.7. The van der Waals surface area contributed by atoms with E-state index in [1.807, 2.05) is 6.08 Å². The van der Waals surface area contributed by atoms with Crippen molar-refractivity contribution in [2.45, 2.75) is 17.9 Å². The first-order chi connectivity index (χ1) is 17.7. The lowest BCUT2D eigenvalue weighted by Crippen LogP contribution is -2.52. The summed E-state index contributed by atoms with van der Waals surface area (Å²) < 4.78 is 57.1. The van der Waals surface area contributed by atoms with Crippen molar-refractivity contribution in [2.75, 3.05) is 11.1 Å². The Balaban J connectivity index is 1.54. The topological polar surface area (TPSA) is 119 Å². The summed E-state index contributed by atoms with van der Waals surface area (Å²) in [6.45, 7) is 0.0177. The number of allylic oxidation sites excluding steroid dienone is 1. The molecule has 188 valence electrons. The van der Waals surface area contributed by atoms with E-state index < -0.39 is 37.6 Å². The minimum absolute atomic E-state index is 0.0177. The molecule has 2 aromatic heterocycles. The maximum absolute atomic E-state index is 13.6. The van der Waals surface area contributed by atoms with Gasteiger partial charge in [0.15, 0.2) is 0 Å². The molecule has 9 nitrogen and oxygen atoms in total. The van der Waals surface area contributed by atoms with Gasteiger partial charge in [-0.2, -0.15) is 0 Å². The number of anilines is 1. The number of fused-ring (bicyclic) bond motifs is 2. The standard InChI is InChI=1S/C25H19FN4O5S2/c26-17-8-5-15(6-9-17)14-30-25(32)22(23(31)19-3-1-11-29(19)30)24-27-18-10-7-16(20-4-2-12-36(20)33)13-21(18)37(34,35)28-24/h1,3-11,13,27-28H,2,12,14H2. The molecule has 1 atom stereocenters. The second-order valence-electron chi connectivity index (χ2n) is 8.65. The van der Waals surface area contributed by atoms with Gasteiger partial charge in [-0.25, -0.2) is 17.5 Å².